The molecule has 3 aromatic rings. The molecule has 3 N–H and O–H groups in total. The van der Waals surface area contributed by atoms with E-state index in [0.717, 1.165) is 28.7 Å². The first kappa shape index (κ1) is 22.2. The molecule has 1 saturated heterocycles. The monoisotopic (exact) mass is 422 g/mol. The summed E-state index contributed by atoms with van der Waals surface area (Å²) in [5.74, 6) is 0.00607. The molecule has 0 radical (unpaired) electrons. The summed E-state index contributed by atoms with van der Waals surface area (Å²) in [4.78, 5) is 20.1. The molecular formula is C20H24Cl2N4O2. The van der Waals surface area contributed by atoms with Gasteiger partial charge in [0.1, 0.15) is 0 Å². The molecule has 4 rings (SSSR count). The highest BCUT2D eigenvalue weighted by atomic mass is 35.5. The number of rotatable bonds is 5. The maximum Gasteiger partial charge on any atom is 0.222 e. The van der Waals surface area contributed by atoms with Crippen LogP contribution in [0.2, 0.25) is 0 Å². The smallest absolute Gasteiger partial charge is 0.222 e. The molecular weight excluding hydrogens is 399 g/mol. The van der Waals surface area contributed by atoms with Gasteiger partial charge in [-0.3, -0.25) is 4.79 Å². The fourth-order valence-corrected chi connectivity index (χ4v) is 3.33. The van der Waals surface area contributed by atoms with E-state index in [1.165, 1.54) is 0 Å². The Labute approximate surface area is 176 Å². The number of carbonyl (C=O) groups is 1. The first-order valence-corrected chi connectivity index (χ1v) is 8.88. The molecule has 1 amide bonds. The minimum atomic E-state index is -0.207. The number of H-pyrrole nitrogens is 1. The van der Waals surface area contributed by atoms with Crippen molar-refractivity contribution in [1.29, 1.82) is 0 Å². The van der Waals surface area contributed by atoms with Crippen molar-refractivity contribution in [3.05, 3.63) is 66.0 Å². The van der Waals surface area contributed by atoms with Crippen LogP contribution in [-0.2, 0) is 9.53 Å². The molecule has 2 unspecified atom stereocenters. The van der Waals surface area contributed by atoms with Gasteiger partial charge in [-0.05, 0) is 23.3 Å². The van der Waals surface area contributed by atoms with Crippen LogP contribution in [0.5, 0.6) is 0 Å². The molecule has 8 heteroatoms. The Bertz CT molecular complexity index is 882. The normalized spacial score (nSPS) is 17.2. The van der Waals surface area contributed by atoms with E-state index < -0.39 is 0 Å². The van der Waals surface area contributed by atoms with Gasteiger partial charge in [-0.1, -0.05) is 36.4 Å². The van der Waals surface area contributed by atoms with Crippen molar-refractivity contribution >= 4 is 41.8 Å². The van der Waals surface area contributed by atoms with Crippen LogP contribution in [0.1, 0.15) is 23.6 Å². The minimum absolute atomic E-state index is 0. The number of aromatic nitrogens is 2. The number of nitrogens with one attached hydrogen (secondary N) is 3. The highest BCUT2D eigenvalue weighted by Crippen LogP contribution is 2.24. The van der Waals surface area contributed by atoms with Crippen molar-refractivity contribution in [3.63, 3.8) is 0 Å². The molecule has 1 aliphatic heterocycles. The zero-order chi connectivity index (χ0) is 17.8. The summed E-state index contributed by atoms with van der Waals surface area (Å²) in [7, 11) is 0. The molecule has 1 aromatic heterocycles. The quantitative estimate of drug-likeness (QED) is 0.590. The van der Waals surface area contributed by atoms with Crippen LogP contribution in [0.25, 0.3) is 11.0 Å². The maximum atomic E-state index is 12.7. The molecule has 0 aliphatic carbocycles. The number of aromatic amines is 1. The second-order valence-electron chi connectivity index (χ2n) is 6.52. The number of nitrogens with zero attached hydrogens (tertiary/aromatic N) is 1. The zero-order valence-corrected chi connectivity index (χ0v) is 16.9. The number of halogens is 2. The van der Waals surface area contributed by atoms with Crippen LogP contribution in [0.3, 0.4) is 0 Å². The van der Waals surface area contributed by atoms with E-state index in [1.807, 2.05) is 48.5 Å². The summed E-state index contributed by atoms with van der Waals surface area (Å²) in [5, 5.41) is 6.51. The number of hydrogen-bond acceptors (Lipinski definition) is 4. The molecule has 150 valence electrons. The number of morpholine rings is 1. The first-order valence-electron chi connectivity index (χ1n) is 8.88. The van der Waals surface area contributed by atoms with Gasteiger partial charge in [-0.2, -0.15) is 0 Å². The predicted molar refractivity (Wildman–Crippen MR) is 114 cm³/mol. The van der Waals surface area contributed by atoms with E-state index in [9.17, 15) is 4.79 Å². The van der Waals surface area contributed by atoms with Gasteiger partial charge in [0.2, 0.25) is 5.91 Å². The lowest BCUT2D eigenvalue weighted by Crippen LogP contribution is -2.44. The molecule has 2 atom stereocenters. The van der Waals surface area contributed by atoms with Gasteiger partial charge in [-0.15, -0.1) is 24.8 Å². The Morgan fingerprint density at radius 1 is 1.18 bits per heavy atom. The van der Waals surface area contributed by atoms with Crippen LogP contribution >= 0.6 is 24.8 Å². The number of benzene rings is 2. The van der Waals surface area contributed by atoms with Gasteiger partial charge in [0.05, 0.1) is 36.6 Å². The van der Waals surface area contributed by atoms with Gasteiger partial charge in [0.15, 0.2) is 0 Å². The minimum Gasteiger partial charge on any atom is -0.378 e. The third kappa shape index (κ3) is 5.23. The van der Waals surface area contributed by atoms with E-state index in [2.05, 4.69) is 20.6 Å². The molecule has 1 aliphatic rings. The van der Waals surface area contributed by atoms with Crippen LogP contribution in [0.4, 0.5) is 0 Å². The summed E-state index contributed by atoms with van der Waals surface area (Å²) in [6.07, 6.45) is 2.08. The summed E-state index contributed by atoms with van der Waals surface area (Å²) in [6, 6.07) is 15.9. The van der Waals surface area contributed by atoms with Gasteiger partial charge in [-0.25, -0.2) is 4.98 Å². The van der Waals surface area contributed by atoms with Crippen molar-refractivity contribution in [2.24, 2.45) is 0 Å². The van der Waals surface area contributed by atoms with Crippen molar-refractivity contribution in [3.8, 4) is 0 Å². The SMILES string of the molecule is Cl.Cl.O=C(CC1COCCN1)NC(c1ccccc1)c1ccc2nc[nH]c2c1. The third-order valence-corrected chi connectivity index (χ3v) is 4.65. The Morgan fingerprint density at radius 3 is 2.75 bits per heavy atom. The lowest BCUT2D eigenvalue weighted by molar-refractivity contribution is -0.122. The highest BCUT2D eigenvalue weighted by molar-refractivity contribution is 5.85. The number of carbonyl (C=O) groups excluding carboxylic acids is 1. The number of ether oxygens (including phenoxy) is 1. The predicted octanol–water partition coefficient (Wildman–Crippen LogP) is 2.99. The fourth-order valence-electron chi connectivity index (χ4n) is 3.33. The van der Waals surface area contributed by atoms with Gasteiger partial charge < -0.3 is 20.4 Å². The van der Waals surface area contributed by atoms with Crippen LogP contribution in [0.15, 0.2) is 54.9 Å². The van der Waals surface area contributed by atoms with E-state index in [4.69, 9.17) is 4.74 Å². The molecule has 2 aromatic carbocycles. The Balaban J connectivity index is 0.00000140. The van der Waals surface area contributed by atoms with Gasteiger partial charge >= 0.3 is 0 Å². The van der Waals surface area contributed by atoms with Crippen LogP contribution < -0.4 is 10.6 Å². The lowest BCUT2D eigenvalue weighted by Gasteiger charge is -2.25. The Kier molecular flexibility index (Phi) is 8.26. The second-order valence-corrected chi connectivity index (χ2v) is 6.52. The van der Waals surface area contributed by atoms with Gasteiger partial charge in [0.25, 0.3) is 0 Å². The summed E-state index contributed by atoms with van der Waals surface area (Å²) in [6.45, 7) is 2.06. The van der Waals surface area contributed by atoms with Crippen molar-refractivity contribution < 1.29 is 9.53 Å². The van der Waals surface area contributed by atoms with Gasteiger partial charge in [0, 0.05) is 19.0 Å². The molecule has 28 heavy (non-hydrogen) atoms. The molecule has 6 nitrogen and oxygen atoms in total. The third-order valence-electron chi connectivity index (χ3n) is 4.65. The largest absolute Gasteiger partial charge is 0.378 e. The molecule has 2 heterocycles. The van der Waals surface area contributed by atoms with E-state index >= 15 is 0 Å². The standard InChI is InChI=1S/C20H22N4O2.2ClH/c25-19(11-16-12-26-9-8-21-16)24-20(14-4-2-1-3-5-14)15-6-7-17-18(10-15)23-13-22-17;;/h1-7,10,13,16,20-21H,8-9,11-12H2,(H,22,23)(H,24,25);2*1H. The van der Waals surface area contributed by atoms with Crippen molar-refractivity contribution in [2.75, 3.05) is 19.8 Å². The van der Waals surface area contributed by atoms with E-state index in [0.29, 0.717) is 19.6 Å². The molecule has 0 spiro atoms. The van der Waals surface area contributed by atoms with Crippen molar-refractivity contribution in [1.82, 2.24) is 20.6 Å². The lowest BCUT2D eigenvalue weighted by atomic mass is 9.97. The van der Waals surface area contributed by atoms with Crippen molar-refractivity contribution in [2.45, 2.75) is 18.5 Å². The van der Waals surface area contributed by atoms with Crippen LogP contribution in [-0.4, -0.2) is 41.7 Å². The Morgan fingerprint density at radius 2 is 2.00 bits per heavy atom. The van der Waals surface area contributed by atoms with E-state index in [1.54, 1.807) is 6.33 Å². The van der Waals surface area contributed by atoms with Crippen LogP contribution in [0, 0.1) is 0 Å². The molecule has 0 saturated carbocycles. The molecule has 0 bridgehead atoms. The zero-order valence-electron chi connectivity index (χ0n) is 15.3. The fraction of sp³-hybridized carbons (Fsp3) is 0.300. The van der Waals surface area contributed by atoms with E-state index in [-0.39, 0.29) is 42.8 Å². The summed E-state index contributed by atoms with van der Waals surface area (Å²) < 4.78 is 5.44. The highest BCUT2D eigenvalue weighted by Gasteiger charge is 2.21. The summed E-state index contributed by atoms with van der Waals surface area (Å²) >= 11 is 0. The second kappa shape index (κ2) is 10.4. The number of amides is 1. The maximum absolute atomic E-state index is 12.7. The molecule has 1 fully saturated rings. The Hall–Kier alpha value is -2.12. The number of hydrogen-bond donors (Lipinski definition) is 3. The average Bonchev–Trinajstić information content (AvgIpc) is 3.15. The average molecular weight is 423 g/mol. The summed E-state index contributed by atoms with van der Waals surface area (Å²) in [5.41, 5.74) is 3.94. The number of imidazole rings is 1. The first-order chi connectivity index (χ1) is 12.8. The topological polar surface area (TPSA) is 79.0 Å². The number of fused-ring (bicyclic) bond motifs is 1.